The van der Waals surface area contributed by atoms with Gasteiger partial charge in [0.25, 0.3) is 5.91 Å². The van der Waals surface area contributed by atoms with Crippen LogP contribution in [0.2, 0.25) is 0 Å². The molecule has 0 aromatic heterocycles. The predicted molar refractivity (Wildman–Crippen MR) is 61.3 cm³/mol. The second-order valence-electron chi connectivity index (χ2n) is 3.58. The molecule has 1 aromatic carbocycles. The molecule has 1 atom stereocenters. The van der Waals surface area contributed by atoms with Crippen LogP contribution in [0.15, 0.2) is 24.3 Å². The molecule has 4 heteroatoms. The van der Waals surface area contributed by atoms with Crippen LogP contribution in [-0.2, 0) is 0 Å². The Hall–Kier alpha value is -1.16. The first kappa shape index (κ1) is 10.4. The first-order valence-corrected chi connectivity index (χ1v) is 6.09. The number of phenols is 1. The Bertz CT molecular complexity index is 344. The SMILES string of the molecule is O=C(NC1CCSC1)c1ccc(O)cc1. The van der Waals surface area contributed by atoms with Crippen molar-refractivity contribution in [1.29, 1.82) is 0 Å². The van der Waals surface area contributed by atoms with Gasteiger partial charge in [-0.15, -0.1) is 0 Å². The molecular weight excluding hydrogens is 210 g/mol. The van der Waals surface area contributed by atoms with E-state index in [0.717, 1.165) is 17.9 Å². The molecule has 0 radical (unpaired) electrons. The van der Waals surface area contributed by atoms with E-state index in [1.165, 1.54) is 12.1 Å². The number of rotatable bonds is 2. The third kappa shape index (κ3) is 2.65. The Kier molecular flexibility index (Phi) is 3.16. The van der Waals surface area contributed by atoms with Gasteiger partial charge in [-0.3, -0.25) is 4.79 Å². The molecule has 1 unspecified atom stereocenters. The van der Waals surface area contributed by atoms with Crippen molar-refractivity contribution < 1.29 is 9.90 Å². The van der Waals surface area contributed by atoms with Gasteiger partial charge in [0.05, 0.1) is 0 Å². The first-order chi connectivity index (χ1) is 7.25. The fourth-order valence-electron chi connectivity index (χ4n) is 1.53. The van der Waals surface area contributed by atoms with E-state index in [0.29, 0.717) is 11.6 Å². The van der Waals surface area contributed by atoms with Crippen LogP contribution in [-0.4, -0.2) is 28.6 Å². The highest BCUT2D eigenvalue weighted by molar-refractivity contribution is 7.99. The summed E-state index contributed by atoms with van der Waals surface area (Å²) >= 11 is 1.87. The molecule has 15 heavy (non-hydrogen) atoms. The van der Waals surface area contributed by atoms with Crippen LogP contribution in [0, 0.1) is 0 Å². The van der Waals surface area contributed by atoms with Crippen LogP contribution < -0.4 is 5.32 Å². The maximum atomic E-state index is 11.7. The number of benzene rings is 1. The molecule has 1 amide bonds. The summed E-state index contributed by atoms with van der Waals surface area (Å²) in [7, 11) is 0. The average Bonchev–Trinajstić information content (AvgIpc) is 2.71. The Labute approximate surface area is 92.9 Å². The van der Waals surface area contributed by atoms with Crippen LogP contribution >= 0.6 is 11.8 Å². The van der Waals surface area contributed by atoms with Crippen LogP contribution in [0.1, 0.15) is 16.8 Å². The second kappa shape index (κ2) is 4.57. The quantitative estimate of drug-likeness (QED) is 0.801. The van der Waals surface area contributed by atoms with E-state index in [1.807, 2.05) is 11.8 Å². The fourth-order valence-corrected chi connectivity index (χ4v) is 2.68. The fraction of sp³-hybridized carbons (Fsp3) is 0.364. The summed E-state index contributed by atoms with van der Waals surface area (Å²) in [5.41, 5.74) is 0.602. The Morgan fingerprint density at radius 3 is 2.73 bits per heavy atom. The smallest absolute Gasteiger partial charge is 0.251 e. The van der Waals surface area contributed by atoms with Crippen molar-refractivity contribution in [1.82, 2.24) is 5.32 Å². The molecule has 0 bridgehead atoms. The number of hydrogen-bond donors (Lipinski definition) is 2. The van der Waals surface area contributed by atoms with Gasteiger partial charge in [0.15, 0.2) is 0 Å². The minimum absolute atomic E-state index is 0.0532. The summed E-state index contributed by atoms with van der Waals surface area (Å²) in [4.78, 5) is 11.7. The Morgan fingerprint density at radius 1 is 1.40 bits per heavy atom. The molecule has 1 aliphatic rings. The van der Waals surface area contributed by atoms with Crippen molar-refractivity contribution in [2.24, 2.45) is 0 Å². The van der Waals surface area contributed by atoms with Gasteiger partial charge in [-0.05, 0) is 36.4 Å². The van der Waals surface area contributed by atoms with Gasteiger partial charge in [0.2, 0.25) is 0 Å². The summed E-state index contributed by atoms with van der Waals surface area (Å²) in [6, 6.07) is 6.62. The maximum Gasteiger partial charge on any atom is 0.251 e. The molecule has 80 valence electrons. The Morgan fingerprint density at radius 2 is 2.13 bits per heavy atom. The van der Waals surface area contributed by atoms with Gasteiger partial charge in [-0.2, -0.15) is 11.8 Å². The number of carbonyl (C=O) groups is 1. The van der Waals surface area contributed by atoms with E-state index in [-0.39, 0.29) is 11.7 Å². The zero-order chi connectivity index (χ0) is 10.7. The van der Waals surface area contributed by atoms with Crippen molar-refractivity contribution in [2.75, 3.05) is 11.5 Å². The normalized spacial score (nSPS) is 20.1. The van der Waals surface area contributed by atoms with Gasteiger partial charge in [0, 0.05) is 17.4 Å². The van der Waals surface area contributed by atoms with E-state index in [4.69, 9.17) is 5.11 Å². The molecule has 3 nitrogen and oxygen atoms in total. The lowest BCUT2D eigenvalue weighted by Crippen LogP contribution is -2.34. The number of hydrogen-bond acceptors (Lipinski definition) is 3. The number of phenolic OH excluding ortho intramolecular Hbond substituents is 1. The van der Waals surface area contributed by atoms with Gasteiger partial charge in [-0.25, -0.2) is 0 Å². The third-order valence-corrected chi connectivity index (χ3v) is 3.56. The van der Waals surface area contributed by atoms with Crippen molar-refractivity contribution in [3.63, 3.8) is 0 Å². The van der Waals surface area contributed by atoms with Crippen LogP contribution in [0.3, 0.4) is 0 Å². The average molecular weight is 223 g/mol. The lowest BCUT2D eigenvalue weighted by atomic mass is 10.2. The second-order valence-corrected chi connectivity index (χ2v) is 4.73. The van der Waals surface area contributed by atoms with E-state index in [9.17, 15) is 4.79 Å². The number of amides is 1. The standard InChI is InChI=1S/C11H13NO2S/c13-10-3-1-8(2-4-10)11(14)12-9-5-6-15-7-9/h1-4,9,13H,5-7H2,(H,12,14). The minimum atomic E-state index is -0.0532. The van der Waals surface area contributed by atoms with Crippen molar-refractivity contribution >= 4 is 17.7 Å². The van der Waals surface area contributed by atoms with Crippen LogP contribution in [0.25, 0.3) is 0 Å². The number of aromatic hydroxyl groups is 1. The molecule has 0 spiro atoms. The van der Waals surface area contributed by atoms with Crippen molar-refractivity contribution in [2.45, 2.75) is 12.5 Å². The summed E-state index contributed by atoms with van der Waals surface area (Å²) in [5, 5.41) is 12.1. The van der Waals surface area contributed by atoms with Crippen molar-refractivity contribution in [3.8, 4) is 5.75 Å². The zero-order valence-corrected chi connectivity index (χ0v) is 9.09. The molecule has 1 fully saturated rings. The van der Waals surface area contributed by atoms with Crippen LogP contribution in [0.5, 0.6) is 5.75 Å². The lowest BCUT2D eigenvalue weighted by Gasteiger charge is -2.10. The van der Waals surface area contributed by atoms with Gasteiger partial charge < -0.3 is 10.4 Å². The highest BCUT2D eigenvalue weighted by Gasteiger charge is 2.18. The van der Waals surface area contributed by atoms with E-state index in [2.05, 4.69) is 5.32 Å². The maximum absolute atomic E-state index is 11.7. The molecular formula is C11H13NO2S. The lowest BCUT2D eigenvalue weighted by molar-refractivity contribution is 0.0941. The third-order valence-electron chi connectivity index (χ3n) is 2.39. The van der Waals surface area contributed by atoms with Gasteiger partial charge in [0.1, 0.15) is 5.75 Å². The monoisotopic (exact) mass is 223 g/mol. The largest absolute Gasteiger partial charge is 0.508 e. The number of carbonyl (C=O) groups excluding carboxylic acids is 1. The molecule has 1 saturated heterocycles. The molecule has 0 saturated carbocycles. The molecule has 2 rings (SSSR count). The van der Waals surface area contributed by atoms with Crippen molar-refractivity contribution in [3.05, 3.63) is 29.8 Å². The minimum Gasteiger partial charge on any atom is -0.508 e. The van der Waals surface area contributed by atoms with Gasteiger partial charge in [-0.1, -0.05) is 0 Å². The van der Waals surface area contributed by atoms with Gasteiger partial charge >= 0.3 is 0 Å². The summed E-state index contributed by atoms with van der Waals surface area (Å²) < 4.78 is 0. The zero-order valence-electron chi connectivity index (χ0n) is 8.27. The molecule has 1 heterocycles. The van der Waals surface area contributed by atoms with E-state index < -0.39 is 0 Å². The summed E-state index contributed by atoms with van der Waals surface area (Å²) in [5.74, 6) is 2.26. The Balaban J connectivity index is 1.98. The molecule has 1 aliphatic heterocycles. The van der Waals surface area contributed by atoms with E-state index in [1.54, 1.807) is 12.1 Å². The molecule has 2 N–H and O–H groups in total. The molecule has 0 aliphatic carbocycles. The number of nitrogens with one attached hydrogen (secondary N) is 1. The molecule has 1 aromatic rings. The summed E-state index contributed by atoms with van der Waals surface area (Å²) in [6.07, 6.45) is 1.05. The topological polar surface area (TPSA) is 49.3 Å². The van der Waals surface area contributed by atoms with Crippen LogP contribution in [0.4, 0.5) is 0 Å². The highest BCUT2D eigenvalue weighted by atomic mass is 32.2. The first-order valence-electron chi connectivity index (χ1n) is 4.93. The number of thioether (sulfide) groups is 1. The summed E-state index contributed by atoms with van der Waals surface area (Å²) in [6.45, 7) is 0. The highest BCUT2D eigenvalue weighted by Crippen LogP contribution is 2.17. The predicted octanol–water partition coefficient (Wildman–Crippen LogP) is 1.63. The van der Waals surface area contributed by atoms with E-state index >= 15 is 0 Å².